The average Bonchev–Trinajstić information content (AvgIpc) is 2.56. The summed E-state index contributed by atoms with van der Waals surface area (Å²) in [5.74, 6) is 0.793. The third-order valence-electron chi connectivity index (χ3n) is 5.61. The zero-order valence-corrected chi connectivity index (χ0v) is 15.7. The van der Waals surface area contributed by atoms with Crippen molar-refractivity contribution in [2.24, 2.45) is 17.8 Å². The maximum atomic E-state index is 10.5. The number of hydrogen-bond donors (Lipinski definition) is 4. The van der Waals surface area contributed by atoms with Crippen LogP contribution in [0, 0.1) is 17.8 Å². The Balaban J connectivity index is 0.000000257. The van der Waals surface area contributed by atoms with E-state index in [0.29, 0.717) is 24.0 Å². The lowest BCUT2D eigenvalue weighted by Crippen LogP contribution is -2.60. The largest absolute Gasteiger partial charge is 0.479 e. The highest BCUT2D eigenvalue weighted by Gasteiger charge is 2.47. The van der Waals surface area contributed by atoms with E-state index in [4.69, 9.17) is 14.6 Å². The molecule has 2 aliphatic heterocycles. The maximum Gasteiger partial charge on any atom is 0.335 e. The number of methoxy groups -OCH3 is 1. The van der Waals surface area contributed by atoms with E-state index in [1.807, 2.05) is 0 Å². The molecule has 4 N–H and O–H groups in total. The SMILES string of the molecule is CC1OC(C)C(C)C(C)C1C.COC1OC(C(=O)O)C(O)C(O)C1O. The molecule has 0 aromatic rings. The van der Waals surface area contributed by atoms with E-state index in [1.165, 1.54) is 7.11 Å². The van der Waals surface area contributed by atoms with Gasteiger partial charge in [0.1, 0.15) is 18.3 Å². The average molecular weight is 364 g/mol. The van der Waals surface area contributed by atoms with E-state index >= 15 is 0 Å². The van der Waals surface area contributed by atoms with Crippen molar-refractivity contribution in [1.82, 2.24) is 0 Å². The minimum Gasteiger partial charge on any atom is -0.479 e. The van der Waals surface area contributed by atoms with Gasteiger partial charge in [0.05, 0.1) is 12.2 Å². The molecule has 2 rings (SSSR count). The van der Waals surface area contributed by atoms with Crippen LogP contribution in [0.3, 0.4) is 0 Å². The molecule has 2 heterocycles. The Hall–Kier alpha value is -0.770. The predicted molar refractivity (Wildman–Crippen MR) is 88.8 cm³/mol. The van der Waals surface area contributed by atoms with Crippen LogP contribution in [0.1, 0.15) is 34.6 Å². The van der Waals surface area contributed by atoms with E-state index in [0.717, 1.165) is 5.92 Å². The highest BCUT2D eigenvalue weighted by atomic mass is 16.7. The Morgan fingerprint density at radius 2 is 1.28 bits per heavy atom. The monoisotopic (exact) mass is 364 g/mol. The van der Waals surface area contributed by atoms with Crippen molar-refractivity contribution in [1.29, 1.82) is 0 Å². The first-order chi connectivity index (χ1) is 11.5. The van der Waals surface area contributed by atoms with Crippen LogP contribution in [0.15, 0.2) is 0 Å². The van der Waals surface area contributed by atoms with Crippen LogP contribution < -0.4 is 0 Å². The zero-order valence-electron chi connectivity index (χ0n) is 15.7. The Labute approximate surface area is 148 Å². The Bertz CT molecular complexity index is 415. The van der Waals surface area contributed by atoms with Gasteiger partial charge in [0.2, 0.25) is 0 Å². The van der Waals surface area contributed by atoms with Gasteiger partial charge in [-0.3, -0.25) is 0 Å². The van der Waals surface area contributed by atoms with Gasteiger partial charge in [-0.15, -0.1) is 0 Å². The minimum atomic E-state index is -1.67. The second-order valence-corrected chi connectivity index (χ2v) is 7.09. The number of carbonyl (C=O) groups is 1. The van der Waals surface area contributed by atoms with Crippen LogP contribution in [-0.4, -0.2) is 76.4 Å². The van der Waals surface area contributed by atoms with Crippen molar-refractivity contribution in [2.75, 3.05) is 7.11 Å². The molecule has 0 saturated carbocycles. The van der Waals surface area contributed by atoms with Crippen LogP contribution >= 0.6 is 0 Å². The molecular weight excluding hydrogens is 332 g/mol. The van der Waals surface area contributed by atoms with Crippen molar-refractivity contribution >= 4 is 5.97 Å². The fourth-order valence-corrected chi connectivity index (χ4v) is 3.17. The number of hydrogen-bond acceptors (Lipinski definition) is 7. The second-order valence-electron chi connectivity index (χ2n) is 7.09. The molecule has 148 valence electrons. The van der Waals surface area contributed by atoms with E-state index in [2.05, 4.69) is 39.4 Å². The quantitative estimate of drug-likeness (QED) is 0.548. The van der Waals surface area contributed by atoms with Crippen LogP contribution in [0.5, 0.6) is 0 Å². The molecule has 0 radical (unpaired) electrons. The van der Waals surface area contributed by atoms with Gasteiger partial charge in [-0.2, -0.15) is 0 Å². The molecule has 2 fully saturated rings. The number of rotatable bonds is 2. The topological polar surface area (TPSA) is 126 Å². The third kappa shape index (κ3) is 5.12. The predicted octanol–water partition coefficient (Wildman–Crippen LogP) is 0.227. The zero-order chi connectivity index (χ0) is 19.5. The lowest BCUT2D eigenvalue weighted by atomic mass is 9.77. The molecule has 0 bridgehead atoms. The molecule has 25 heavy (non-hydrogen) atoms. The van der Waals surface area contributed by atoms with Gasteiger partial charge in [0.15, 0.2) is 12.4 Å². The van der Waals surface area contributed by atoms with Gasteiger partial charge in [0.25, 0.3) is 0 Å². The van der Waals surface area contributed by atoms with Crippen molar-refractivity contribution in [2.45, 2.75) is 77.5 Å². The van der Waals surface area contributed by atoms with Gasteiger partial charge in [0, 0.05) is 7.11 Å². The van der Waals surface area contributed by atoms with E-state index in [9.17, 15) is 20.1 Å². The van der Waals surface area contributed by atoms with Crippen LogP contribution in [0.2, 0.25) is 0 Å². The number of carboxylic acid groups (broad SMARTS) is 1. The van der Waals surface area contributed by atoms with E-state index in [-0.39, 0.29) is 0 Å². The van der Waals surface area contributed by atoms with Crippen molar-refractivity contribution < 1.29 is 39.4 Å². The van der Waals surface area contributed by atoms with Gasteiger partial charge < -0.3 is 34.6 Å². The smallest absolute Gasteiger partial charge is 0.335 e. The molecule has 8 heteroatoms. The Morgan fingerprint density at radius 3 is 1.68 bits per heavy atom. The Kier molecular flexibility index (Phi) is 8.24. The van der Waals surface area contributed by atoms with Crippen LogP contribution in [-0.2, 0) is 19.0 Å². The number of aliphatic carboxylic acids is 1. The lowest BCUT2D eigenvalue weighted by molar-refractivity contribution is -0.287. The summed E-state index contributed by atoms with van der Waals surface area (Å²) in [6.07, 6.45) is -6.71. The van der Waals surface area contributed by atoms with Crippen LogP contribution in [0.25, 0.3) is 0 Å². The summed E-state index contributed by atoms with van der Waals surface area (Å²) < 4.78 is 15.1. The summed E-state index contributed by atoms with van der Waals surface area (Å²) in [5, 5.41) is 36.3. The molecule has 0 aromatic carbocycles. The summed E-state index contributed by atoms with van der Waals surface area (Å²) in [6, 6.07) is 0. The number of aliphatic hydroxyl groups is 3. The summed E-state index contributed by atoms with van der Waals surface area (Å²) in [5.41, 5.74) is 0. The first-order valence-corrected chi connectivity index (χ1v) is 8.63. The summed E-state index contributed by atoms with van der Waals surface area (Å²) in [7, 11) is 1.19. The van der Waals surface area contributed by atoms with Crippen molar-refractivity contribution in [3.05, 3.63) is 0 Å². The third-order valence-corrected chi connectivity index (χ3v) is 5.61. The van der Waals surface area contributed by atoms with Crippen molar-refractivity contribution in [3.63, 3.8) is 0 Å². The highest BCUT2D eigenvalue weighted by molar-refractivity contribution is 5.73. The molecule has 9 atom stereocenters. The molecule has 9 unspecified atom stereocenters. The maximum absolute atomic E-state index is 10.5. The molecule has 0 aliphatic carbocycles. The number of carboxylic acids is 1. The van der Waals surface area contributed by atoms with Gasteiger partial charge in [-0.25, -0.2) is 4.79 Å². The van der Waals surface area contributed by atoms with Gasteiger partial charge in [-0.05, 0) is 31.6 Å². The van der Waals surface area contributed by atoms with Crippen LogP contribution in [0.4, 0.5) is 0 Å². The minimum absolute atomic E-state index is 0.441. The van der Waals surface area contributed by atoms with E-state index < -0.39 is 36.7 Å². The fourth-order valence-electron chi connectivity index (χ4n) is 3.17. The molecule has 0 aromatic heterocycles. The van der Waals surface area contributed by atoms with E-state index in [1.54, 1.807) is 0 Å². The number of ether oxygens (including phenoxy) is 3. The van der Waals surface area contributed by atoms with Crippen molar-refractivity contribution in [3.8, 4) is 0 Å². The standard InChI is InChI=1S/C10H20O.C7H12O7/c1-6-7(2)9(4)11-10(5)8(6)3;1-13-7-4(10)2(8)3(9)5(14-7)6(11)12/h6-10H,1-5H3;2-5,7-10H,1H3,(H,11,12). The summed E-state index contributed by atoms with van der Waals surface area (Å²) >= 11 is 0. The normalized spacial score (nSPS) is 47.6. The molecule has 0 amide bonds. The molecule has 2 saturated heterocycles. The molecule has 2 aliphatic rings. The van der Waals surface area contributed by atoms with Gasteiger partial charge >= 0.3 is 5.97 Å². The summed E-state index contributed by atoms with van der Waals surface area (Å²) in [4.78, 5) is 10.5. The fraction of sp³-hybridized carbons (Fsp3) is 0.941. The first kappa shape index (κ1) is 22.3. The molecule has 0 spiro atoms. The van der Waals surface area contributed by atoms with Gasteiger partial charge in [-0.1, -0.05) is 20.8 Å². The summed E-state index contributed by atoms with van der Waals surface area (Å²) in [6.45, 7) is 11.3. The highest BCUT2D eigenvalue weighted by Crippen LogP contribution is 2.34. The Morgan fingerprint density at radius 1 is 0.800 bits per heavy atom. The first-order valence-electron chi connectivity index (χ1n) is 8.63. The molecule has 8 nitrogen and oxygen atoms in total. The lowest BCUT2D eigenvalue weighted by Gasteiger charge is -2.41. The second kappa shape index (κ2) is 9.25. The molecular formula is C17H32O8. The number of aliphatic hydroxyl groups excluding tert-OH is 3.